The van der Waals surface area contributed by atoms with E-state index >= 15 is 0 Å². The summed E-state index contributed by atoms with van der Waals surface area (Å²) in [5.74, 6) is 0.941. The quantitative estimate of drug-likeness (QED) is 0.447. The lowest BCUT2D eigenvalue weighted by Gasteiger charge is -2.06. The van der Waals surface area contributed by atoms with Crippen molar-refractivity contribution in [3.63, 3.8) is 0 Å². The SMILES string of the molecule is COC(=O)C[C@H]1C=C[C@H](C)C1. The Morgan fingerprint density at radius 3 is 2.82 bits per heavy atom. The van der Waals surface area contributed by atoms with E-state index in [4.69, 9.17) is 0 Å². The van der Waals surface area contributed by atoms with Crippen molar-refractivity contribution >= 4 is 5.97 Å². The molecular weight excluding hydrogens is 140 g/mol. The van der Waals surface area contributed by atoms with Crippen molar-refractivity contribution in [3.8, 4) is 0 Å². The zero-order chi connectivity index (χ0) is 8.27. The van der Waals surface area contributed by atoms with Gasteiger partial charge in [0.25, 0.3) is 0 Å². The topological polar surface area (TPSA) is 26.3 Å². The Hall–Kier alpha value is -0.790. The number of allylic oxidation sites excluding steroid dienone is 2. The van der Waals surface area contributed by atoms with Crippen molar-refractivity contribution in [2.75, 3.05) is 7.11 Å². The molecule has 0 heterocycles. The van der Waals surface area contributed by atoms with E-state index in [0.29, 0.717) is 18.3 Å². The van der Waals surface area contributed by atoms with Crippen LogP contribution in [-0.4, -0.2) is 13.1 Å². The normalized spacial score (nSPS) is 28.9. The third-order valence-electron chi connectivity index (χ3n) is 2.04. The van der Waals surface area contributed by atoms with Gasteiger partial charge in [0.1, 0.15) is 0 Å². The minimum absolute atomic E-state index is 0.103. The summed E-state index contributed by atoms with van der Waals surface area (Å²) in [6.07, 6.45) is 5.90. The zero-order valence-corrected chi connectivity index (χ0v) is 7.04. The molecule has 2 heteroatoms. The van der Waals surface area contributed by atoms with Crippen LogP contribution in [0, 0.1) is 11.8 Å². The van der Waals surface area contributed by atoms with Crippen LogP contribution in [0.4, 0.5) is 0 Å². The van der Waals surface area contributed by atoms with E-state index in [1.54, 1.807) is 0 Å². The summed E-state index contributed by atoms with van der Waals surface area (Å²) in [5, 5.41) is 0. The molecule has 0 N–H and O–H groups in total. The minimum atomic E-state index is -0.103. The molecule has 0 saturated heterocycles. The molecule has 0 fully saturated rings. The second-order valence-electron chi connectivity index (χ2n) is 3.14. The van der Waals surface area contributed by atoms with Crippen LogP contribution in [0.1, 0.15) is 19.8 Å². The van der Waals surface area contributed by atoms with Gasteiger partial charge < -0.3 is 4.74 Å². The molecule has 62 valence electrons. The van der Waals surface area contributed by atoms with E-state index in [1.807, 2.05) is 0 Å². The first-order valence-corrected chi connectivity index (χ1v) is 3.97. The van der Waals surface area contributed by atoms with Gasteiger partial charge in [-0.1, -0.05) is 19.1 Å². The summed E-state index contributed by atoms with van der Waals surface area (Å²) in [7, 11) is 1.43. The average Bonchev–Trinajstić information content (AvgIpc) is 2.35. The van der Waals surface area contributed by atoms with Crippen LogP contribution in [0.2, 0.25) is 0 Å². The Balaban J connectivity index is 2.29. The summed E-state index contributed by atoms with van der Waals surface area (Å²) >= 11 is 0. The van der Waals surface area contributed by atoms with Crippen LogP contribution in [-0.2, 0) is 9.53 Å². The van der Waals surface area contributed by atoms with E-state index in [2.05, 4.69) is 23.8 Å². The maximum Gasteiger partial charge on any atom is 0.306 e. The highest BCUT2D eigenvalue weighted by atomic mass is 16.5. The van der Waals surface area contributed by atoms with Gasteiger partial charge in [-0.05, 0) is 18.3 Å². The summed E-state index contributed by atoms with van der Waals surface area (Å²) in [4.78, 5) is 10.8. The van der Waals surface area contributed by atoms with Crippen LogP contribution in [0.25, 0.3) is 0 Å². The molecule has 0 bridgehead atoms. The van der Waals surface area contributed by atoms with Gasteiger partial charge in [-0.3, -0.25) is 4.79 Å². The van der Waals surface area contributed by atoms with Gasteiger partial charge in [-0.25, -0.2) is 0 Å². The second kappa shape index (κ2) is 3.56. The molecule has 1 aliphatic rings. The maximum absolute atomic E-state index is 10.8. The van der Waals surface area contributed by atoms with Crippen molar-refractivity contribution in [1.82, 2.24) is 0 Å². The standard InChI is InChI=1S/C9H14O2/c1-7-3-4-8(5-7)6-9(10)11-2/h3-4,7-8H,5-6H2,1-2H3/t7-,8-/m0/s1. The van der Waals surface area contributed by atoms with E-state index in [-0.39, 0.29) is 5.97 Å². The predicted octanol–water partition coefficient (Wildman–Crippen LogP) is 1.76. The van der Waals surface area contributed by atoms with Crippen LogP contribution >= 0.6 is 0 Å². The van der Waals surface area contributed by atoms with Gasteiger partial charge in [-0.15, -0.1) is 0 Å². The number of hydrogen-bond donors (Lipinski definition) is 0. The number of methoxy groups -OCH3 is 1. The monoisotopic (exact) mass is 154 g/mol. The molecule has 0 radical (unpaired) electrons. The van der Waals surface area contributed by atoms with Crippen LogP contribution in [0.5, 0.6) is 0 Å². The van der Waals surface area contributed by atoms with Gasteiger partial charge in [0.05, 0.1) is 13.5 Å². The van der Waals surface area contributed by atoms with E-state index in [9.17, 15) is 4.79 Å². The first-order valence-electron chi connectivity index (χ1n) is 3.97. The molecule has 0 aromatic carbocycles. The first kappa shape index (κ1) is 8.31. The average molecular weight is 154 g/mol. The fourth-order valence-electron chi connectivity index (χ4n) is 1.43. The lowest BCUT2D eigenvalue weighted by atomic mass is 10.0. The maximum atomic E-state index is 10.8. The van der Waals surface area contributed by atoms with E-state index in [1.165, 1.54) is 7.11 Å². The summed E-state index contributed by atoms with van der Waals surface area (Å²) < 4.78 is 4.57. The molecule has 11 heavy (non-hydrogen) atoms. The Morgan fingerprint density at radius 1 is 1.64 bits per heavy atom. The number of carbonyl (C=O) groups excluding carboxylic acids is 1. The number of esters is 1. The molecule has 1 aliphatic carbocycles. The first-order chi connectivity index (χ1) is 5.22. The van der Waals surface area contributed by atoms with Crippen LogP contribution < -0.4 is 0 Å². The minimum Gasteiger partial charge on any atom is -0.469 e. The third-order valence-corrected chi connectivity index (χ3v) is 2.04. The number of ether oxygens (including phenoxy) is 1. The number of rotatable bonds is 2. The lowest BCUT2D eigenvalue weighted by Crippen LogP contribution is -2.06. The Kier molecular flexibility index (Phi) is 2.69. The molecule has 0 aromatic heterocycles. The van der Waals surface area contributed by atoms with Crippen molar-refractivity contribution < 1.29 is 9.53 Å². The summed E-state index contributed by atoms with van der Waals surface area (Å²) in [6, 6.07) is 0. The van der Waals surface area contributed by atoms with Gasteiger partial charge in [0.2, 0.25) is 0 Å². The third kappa shape index (κ3) is 2.37. The fraction of sp³-hybridized carbons (Fsp3) is 0.667. The van der Waals surface area contributed by atoms with Crippen molar-refractivity contribution in [2.45, 2.75) is 19.8 Å². The predicted molar refractivity (Wildman–Crippen MR) is 43.0 cm³/mol. The van der Waals surface area contributed by atoms with Gasteiger partial charge in [-0.2, -0.15) is 0 Å². The molecule has 0 aromatic rings. The molecule has 0 aliphatic heterocycles. The molecular formula is C9H14O2. The summed E-state index contributed by atoms with van der Waals surface area (Å²) in [5.41, 5.74) is 0. The van der Waals surface area contributed by atoms with Crippen molar-refractivity contribution in [1.29, 1.82) is 0 Å². The van der Waals surface area contributed by atoms with Crippen LogP contribution in [0.15, 0.2) is 12.2 Å². The molecule has 1 rings (SSSR count). The highest BCUT2D eigenvalue weighted by Gasteiger charge is 2.18. The Bertz CT molecular complexity index is 172. The largest absolute Gasteiger partial charge is 0.469 e. The zero-order valence-electron chi connectivity index (χ0n) is 7.04. The fourth-order valence-corrected chi connectivity index (χ4v) is 1.43. The molecule has 0 amide bonds. The molecule has 2 nitrogen and oxygen atoms in total. The van der Waals surface area contributed by atoms with Gasteiger partial charge >= 0.3 is 5.97 Å². The van der Waals surface area contributed by atoms with E-state index in [0.717, 1.165) is 6.42 Å². The second-order valence-corrected chi connectivity index (χ2v) is 3.14. The molecule has 0 saturated carbocycles. The summed E-state index contributed by atoms with van der Waals surface area (Å²) in [6.45, 7) is 2.16. The highest BCUT2D eigenvalue weighted by molar-refractivity contribution is 5.69. The molecule has 0 spiro atoms. The van der Waals surface area contributed by atoms with E-state index < -0.39 is 0 Å². The van der Waals surface area contributed by atoms with Gasteiger partial charge in [0, 0.05) is 0 Å². The van der Waals surface area contributed by atoms with Crippen molar-refractivity contribution in [2.24, 2.45) is 11.8 Å². The Morgan fingerprint density at radius 2 is 2.36 bits per heavy atom. The number of carbonyl (C=O) groups is 1. The van der Waals surface area contributed by atoms with Gasteiger partial charge in [0.15, 0.2) is 0 Å². The smallest absolute Gasteiger partial charge is 0.306 e. The van der Waals surface area contributed by atoms with Crippen molar-refractivity contribution in [3.05, 3.63) is 12.2 Å². The molecule has 2 atom stereocenters. The lowest BCUT2D eigenvalue weighted by molar-refractivity contribution is -0.141. The number of hydrogen-bond acceptors (Lipinski definition) is 2. The molecule has 0 unspecified atom stereocenters. The highest BCUT2D eigenvalue weighted by Crippen LogP contribution is 2.25. The Labute approximate surface area is 67.2 Å². The van der Waals surface area contributed by atoms with Crippen LogP contribution in [0.3, 0.4) is 0 Å².